The highest BCUT2D eigenvalue weighted by molar-refractivity contribution is 7.92. The molecule has 1 amide bonds. The van der Waals surface area contributed by atoms with E-state index >= 15 is 0 Å². The predicted molar refractivity (Wildman–Crippen MR) is 161 cm³/mol. The minimum atomic E-state index is -3.42. The van der Waals surface area contributed by atoms with Crippen LogP contribution in [0.25, 0.3) is 0 Å². The number of nitrogens with zero attached hydrogens (tertiary/aromatic N) is 1. The second kappa shape index (κ2) is 13.8. The average Bonchev–Trinajstić information content (AvgIpc) is 3.34. The lowest BCUT2D eigenvalue weighted by atomic mass is 9.97. The Morgan fingerprint density at radius 2 is 1.79 bits per heavy atom. The summed E-state index contributed by atoms with van der Waals surface area (Å²) in [6, 6.07) is 14.5. The molecule has 0 spiro atoms. The van der Waals surface area contributed by atoms with E-state index in [9.17, 15) is 18.3 Å². The monoisotopic (exact) mass is 578 g/mol. The van der Waals surface area contributed by atoms with Crippen molar-refractivity contribution in [2.75, 3.05) is 35.0 Å². The summed E-state index contributed by atoms with van der Waals surface area (Å²) in [7, 11) is -3.42. The Bertz CT molecular complexity index is 1190. The summed E-state index contributed by atoms with van der Waals surface area (Å²) in [5.74, 6) is -0.232. The molecule has 4 N–H and O–H groups in total. The first-order valence-electron chi connectivity index (χ1n) is 13.9. The smallest absolute Gasteiger partial charge is 0.251 e. The molecule has 0 unspecified atom stereocenters. The summed E-state index contributed by atoms with van der Waals surface area (Å²) in [5.41, 5.74) is 2.57. The SMILES string of the molecule is CCNc1cc(C(=O)N[C@@H](Cc2ccccc2)[C@H](O)CNC2(C)CCCC2)cc(N2CCCCS2(=O)=O)c1.Cl. The molecule has 216 valence electrons. The van der Waals surface area contributed by atoms with E-state index in [4.69, 9.17) is 0 Å². The van der Waals surface area contributed by atoms with Gasteiger partial charge in [-0.3, -0.25) is 9.10 Å². The highest BCUT2D eigenvalue weighted by atomic mass is 35.5. The highest BCUT2D eigenvalue weighted by Gasteiger charge is 2.31. The fourth-order valence-electron chi connectivity index (χ4n) is 5.50. The van der Waals surface area contributed by atoms with Gasteiger partial charge in [-0.1, -0.05) is 43.2 Å². The van der Waals surface area contributed by atoms with Crippen LogP contribution in [-0.4, -0.2) is 62.5 Å². The molecule has 10 heteroatoms. The first-order chi connectivity index (χ1) is 18.2. The zero-order valence-corrected chi connectivity index (χ0v) is 24.6. The molecule has 2 aliphatic rings. The van der Waals surface area contributed by atoms with Gasteiger partial charge in [-0.2, -0.15) is 0 Å². The van der Waals surface area contributed by atoms with Gasteiger partial charge in [0.25, 0.3) is 5.91 Å². The molecule has 2 aromatic rings. The Morgan fingerprint density at radius 1 is 1.08 bits per heavy atom. The number of β-amino-alcohol motifs (C(OH)–C–C–N with tert-alkyl or cyclic N) is 1. The van der Waals surface area contributed by atoms with Crippen LogP contribution < -0.4 is 20.3 Å². The number of rotatable bonds is 11. The van der Waals surface area contributed by atoms with E-state index in [1.165, 1.54) is 17.1 Å². The minimum Gasteiger partial charge on any atom is -0.390 e. The number of nitrogens with one attached hydrogen (secondary N) is 3. The Morgan fingerprint density at radius 3 is 2.46 bits per heavy atom. The van der Waals surface area contributed by atoms with Crippen molar-refractivity contribution in [1.29, 1.82) is 0 Å². The zero-order valence-electron chi connectivity index (χ0n) is 23.0. The van der Waals surface area contributed by atoms with Crippen LogP contribution in [0.15, 0.2) is 48.5 Å². The maximum absolute atomic E-state index is 13.6. The number of aliphatic hydroxyl groups is 1. The number of anilines is 2. The van der Waals surface area contributed by atoms with Gasteiger partial charge in [0.05, 0.1) is 23.6 Å². The summed E-state index contributed by atoms with van der Waals surface area (Å²) in [6.45, 7) is 5.56. The van der Waals surface area contributed by atoms with Crippen molar-refractivity contribution in [2.24, 2.45) is 0 Å². The van der Waals surface area contributed by atoms with Gasteiger partial charge in [0, 0.05) is 36.4 Å². The van der Waals surface area contributed by atoms with Gasteiger partial charge in [0.15, 0.2) is 0 Å². The molecular formula is C29H43ClN4O4S. The van der Waals surface area contributed by atoms with Crippen molar-refractivity contribution in [2.45, 2.75) is 76.5 Å². The number of amides is 1. The fourth-order valence-corrected chi connectivity index (χ4v) is 7.12. The number of carbonyl (C=O) groups is 1. The molecule has 0 aromatic heterocycles. The van der Waals surface area contributed by atoms with Gasteiger partial charge < -0.3 is 21.1 Å². The van der Waals surface area contributed by atoms with Crippen LogP contribution in [-0.2, 0) is 16.4 Å². The Kier molecular flexibility index (Phi) is 11.1. The molecular weight excluding hydrogens is 536 g/mol. The first-order valence-corrected chi connectivity index (χ1v) is 15.5. The molecule has 8 nitrogen and oxygen atoms in total. The van der Waals surface area contributed by atoms with Crippen LogP contribution in [0.4, 0.5) is 11.4 Å². The lowest BCUT2D eigenvalue weighted by Gasteiger charge is -2.31. The van der Waals surface area contributed by atoms with E-state index in [1.807, 2.05) is 37.3 Å². The molecule has 1 heterocycles. The Balaban J connectivity index is 0.00000420. The predicted octanol–water partition coefficient (Wildman–Crippen LogP) is 4.09. The van der Waals surface area contributed by atoms with Crippen molar-refractivity contribution < 1.29 is 18.3 Å². The van der Waals surface area contributed by atoms with Gasteiger partial charge >= 0.3 is 0 Å². The minimum absolute atomic E-state index is 0. The third-order valence-corrected chi connectivity index (χ3v) is 9.59. The quantitative estimate of drug-likeness (QED) is 0.320. The van der Waals surface area contributed by atoms with Gasteiger partial charge in [-0.15, -0.1) is 12.4 Å². The Labute approximate surface area is 239 Å². The fraction of sp³-hybridized carbons (Fsp3) is 0.552. The summed E-state index contributed by atoms with van der Waals surface area (Å²) in [5, 5.41) is 21.1. The van der Waals surface area contributed by atoms with Crippen LogP contribution in [0, 0.1) is 0 Å². The number of halogens is 1. The topological polar surface area (TPSA) is 111 Å². The van der Waals surface area contributed by atoms with Crippen molar-refractivity contribution in [3.8, 4) is 0 Å². The van der Waals surface area contributed by atoms with Gasteiger partial charge in [-0.25, -0.2) is 8.42 Å². The maximum atomic E-state index is 13.6. The lowest BCUT2D eigenvalue weighted by Crippen LogP contribution is -2.52. The summed E-state index contributed by atoms with van der Waals surface area (Å²) in [4.78, 5) is 13.6. The Hall–Kier alpha value is -2.33. The molecule has 4 rings (SSSR count). The van der Waals surface area contributed by atoms with Crippen LogP contribution in [0.3, 0.4) is 0 Å². The number of aliphatic hydroxyl groups excluding tert-OH is 1. The van der Waals surface area contributed by atoms with E-state index in [0.717, 1.165) is 24.8 Å². The summed E-state index contributed by atoms with van der Waals surface area (Å²) in [6.07, 6.45) is 5.63. The van der Waals surface area contributed by atoms with E-state index < -0.39 is 22.2 Å². The number of carbonyl (C=O) groups excluding carboxylic acids is 1. The van der Waals surface area contributed by atoms with Crippen LogP contribution in [0.5, 0.6) is 0 Å². The van der Waals surface area contributed by atoms with E-state index in [-0.39, 0.29) is 29.6 Å². The maximum Gasteiger partial charge on any atom is 0.251 e. The van der Waals surface area contributed by atoms with Crippen molar-refractivity contribution in [1.82, 2.24) is 10.6 Å². The van der Waals surface area contributed by atoms with Crippen molar-refractivity contribution >= 4 is 39.7 Å². The number of hydrogen-bond acceptors (Lipinski definition) is 6. The molecule has 2 fully saturated rings. The number of sulfonamides is 1. The third kappa shape index (κ3) is 8.33. The summed E-state index contributed by atoms with van der Waals surface area (Å²) >= 11 is 0. The standard InChI is InChI=1S/C29H42N4O4S.ClH/c1-3-30-24-18-23(19-25(20-24)33-15-9-10-16-38(33,36)37)28(35)32-26(17-22-11-5-4-6-12-22)27(34)21-31-29(2)13-7-8-14-29;/h4-6,11-12,18-20,26-27,30-31,34H,3,7-10,13-17,21H2,1-2H3,(H,32,35);1H/t26-,27+;/m0./s1. The van der Waals surface area contributed by atoms with Crippen LogP contribution >= 0.6 is 12.4 Å². The number of benzene rings is 2. The molecule has 2 atom stereocenters. The van der Waals surface area contributed by atoms with Crippen molar-refractivity contribution in [3.63, 3.8) is 0 Å². The number of hydrogen-bond donors (Lipinski definition) is 4. The third-order valence-electron chi connectivity index (χ3n) is 7.72. The van der Waals surface area contributed by atoms with E-state index in [2.05, 4.69) is 22.9 Å². The molecule has 1 saturated heterocycles. The van der Waals surface area contributed by atoms with Gasteiger partial charge in [-0.05, 0) is 69.7 Å². The molecule has 2 aromatic carbocycles. The van der Waals surface area contributed by atoms with Gasteiger partial charge in [0.2, 0.25) is 10.0 Å². The van der Waals surface area contributed by atoms with E-state index in [0.29, 0.717) is 49.4 Å². The molecule has 0 radical (unpaired) electrons. The average molecular weight is 579 g/mol. The van der Waals surface area contributed by atoms with Gasteiger partial charge in [0.1, 0.15) is 0 Å². The zero-order chi connectivity index (χ0) is 27.2. The normalized spacial score (nSPS) is 19.5. The second-order valence-electron chi connectivity index (χ2n) is 10.9. The first kappa shape index (κ1) is 31.2. The highest BCUT2D eigenvalue weighted by Crippen LogP contribution is 2.30. The van der Waals surface area contributed by atoms with Crippen LogP contribution in [0.1, 0.15) is 68.3 Å². The molecule has 1 aliphatic heterocycles. The van der Waals surface area contributed by atoms with Crippen LogP contribution in [0.2, 0.25) is 0 Å². The lowest BCUT2D eigenvalue weighted by molar-refractivity contribution is 0.0812. The largest absolute Gasteiger partial charge is 0.390 e. The summed E-state index contributed by atoms with van der Waals surface area (Å²) < 4.78 is 27.0. The second-order valence-corrected chi connectivity index (χ2v) is 12.9. The molecule has 1 saturated carbocycles. The van der Waals surface area contributed by atoms with E-state index in [1.54, 1.807) is 18.2 Å². The van der Waals surface area contributed by atoms with Crippen molar-refractivity contribution in [3.05, 3.63) is 59.7 Å². The molecule has 0 bridgehead atoms. The molecule has 1 aliphatic carbocycles. The molecule has 39 heavy (non-hydrogen) atoms.